The summed E-state index contributed by atoms with van der Waals surface area (Å²) in [5.74, 6) is 0.115. The largest absolute Gasteiger partial charge is 0.484 e. The number of hydrogen-bond acceptors (Lipinski definition) is 5. The van der Waals surface area contributed by atoms with Crippen LogP contribution in [0.15, 0.2) is 65.7 Å². The topological polar surface area (TPSA) is 90.3 Å². The van der Waals surface area contributed by atoms with Gasteiger partial charge in [-0.2, -0.15) is 0 Å². The van der Waals surface area contributed by atoms with Crippen LogP contribution in [0.25, 0.3) is 0 Å². The first kappa shape index (κ1) is 21.0. The summed E-state index contributed by atoms with van der Waals surface area (Å²) >= 11 is 0. The lowest BCUT2D eigenvalue weighted by molar-refractivity contribution is -0.123. The van der Waals surface area contributed by atoms with Crippen LogP contribution in [0.4, 0.5) is 0 Å². The van der Waals surface area contributed by atoms with E-state index < -0.39 is 0 Å². The van der Waals surface area contributed by atoms with Crippen molar-refractivity contribution in [2.24, 2.45) is 0 Å². The van der Waals surface area contributed by atoms with Crippen molar-refractivity contribution in [2.45, 2.75) is 20.4 Å². The average Bonchev–Trinajstić information content (AvgIpc) is 2.78. The van der Waals surface area contributed by atoms with E-state index in [2.05, 4.69) is 10.3 Å². The van der Waals surface area contributed by atoms with Crippen molar-refractivity contribution in [3.63, 3.8) is 0 Å². The predicted molar refractivity (Wildman–Crippen MR) is 113 cm³/mol. The summed E-state index contributed by atoms with van der Waals surface area (Å²) in [5, 5.41) is 2.71. The van der Waals surface area contributed by atoms with E-state index in [9.17, 15) is 14.4 Å². The van der Waals surface area contributed by atoms with E-state index in [1.54, 1.807) is 50.2 Å². The first-order chi connectivity index (χ1) is 14.5. The van der Waals surface area contributed by atoms with E-state index in [1.807, 2.05) is 18.2 Å². The highest BCUT2D eigenvalue weighted by Crippen LogP contribution is 2.15. The molecule has 3 aromatic rings. The molecule has 2 aromatic carbocycles. The average molecular weight is 405 g/mol. The van der Waals surface area contributed by atoms with Crippen LogP contribution >= 0.6 is 0 Å². The maximum Gasteiger partial charge on any atom is 0.258 e. The first-order valence-electron chi connectivity index (χ1n) is 9.57. The minimum absolute atomic E-state index is 0.0732. The Kier molecular flexibility index (Phi) is 6.75. The molecule has 7 nitrogen and oxygen atoms in total. The van der Waals surface area contributed by atoms with Gasteiger partial charge in [-0.3, -0.25) is 19.0 Å². The molecule has 0 saturated carbocycles. The Hall–Kier alpha value is -3.74. The number of ether oxygens (including phenoxy) is 1. The Labute approximate surface area is 174 Å². The summed E-state index contributed by atoms with van der Waals surface area (Å²) in [6, 6.07) is 15.7. The second kappa shape index (κ2) is 9.65. The molecule has 1 amide bonds. The van der Waals surface area contributed by atoms with E-state index in [0.717, 1.165) is 0 Å². The van der Waals surface area contributed by atoms with Crippen LogP contribution < -0.4 is 15.6 Å². The fourth-order valence-corrected chi connectivity index (χ4v) is 2.81. The number of ketones is 1. The van der Waals surface area contributed by atoms with Gasteiger partial charge in [0.15, 0.2) is 12.4 Å². The van der Waals surface area contributed by atoms with Crippen molar-refractivity contribution >= 4 is 11.7 Å². The Balaban J connectivity index is 1.46. The number of nitrogens with one attached hydrogen (secondary N) is 1. The smallest absolute Gasteiger partial charge is 0.258 e. The van der Waals surface area contributed by atoms with Gasteiger partial charge in [-0.15, -0.1) is 0 Å². The third-order valence-electron chi connectivity index (χ3n) is 4.71. The molecule has 0 unspecified atom stereocenters. The molecule has 7 heteroatoms. The highest BCUT2D eigenvalue weighted by Gasteiger charge is 2.09. The van der Waals surface area contributed by atoms with Gasteiger partial charge < -0.3 is 10.1 Å². The summed E-state index contributed by atoms with van der Waals surface area (Å²) in [5.41, 5.74) is 2.35. The Morgan fingerprint density at radius 3 is 2.37 bits per heavy atom. The fourth-order valence-electron chi connectivity index (χ4n) is 2.81. The lowest BCUT2D eigenvalue weighted by Crippen LogP contribution is -2.34. The lowest BCUT2D eigenvalue weighted by atomic mass is 10.0. The number of aryl methyl sites for hydroxylation is 1. The second-order valence-electron chi connectivity index (χ2n) is 6.81. The van der Waals surface area contributed by atoms with Gasteiger partial charge in [0, 0.05) is 35.5 Å². The normalized spacial score (nSPS) is 10.5. The van der Waals surface area contributed by atoms with E-state index in [-0.39, 0.29) is 30.4 Å². The molecule has 1 aromatic heterocycles. The molecule has 0 spiro atoms. The summed E-state index contributed by atoms with van der Waals surface area (Å²) in [7, 11) is 0. The monoisotopic (exact) mass is 405 g/mol. The number of amides is 1. The molecule has 0 atom stereocenters. The number of carbonyl (C=O) groups is 2. The van der Waals surface area contributed by atoms with Crippen LogP contribution in [0.5, 0.6) is 5.75 Å². The summed E-state index contributed by atoms with van der Waals surface area (Å²) in [6.07, 6.45) is 1.48. The maximum absolute atomic E-state index is 12.4. The van der Waals surface area contributed by atoms with Gasteiger partial charge in [-0.25, -0.2) is 4.98 Å². The number of carbonyl (C=O) groups excluding carboxylic acids is 2. The summed E-state index contributed by atoms with van der Waals surface area (Å²) in [4.78, 5) is 40.6. The summed E-state index contributed by atoms with van der Waals surface area (Å²) in [6.45, 7) is 3.97. The van der Waals surface area contributed by atoms with Crippen molar-refractivity contribution < 1.29 is 14.3 Å². The quantitative estimate of drug-likeness (QED) is 0.581. The van der Waals surface area contributed by atoms with E-state index in [0.29, 0.717) is 34.7 Å². The molecule has 1 heterocycles. The Morgan fingerprint density at radius 1 is 1.00 bits per heavy atom. The zero-order valence-electron chi connectivity index (χ0n) is 16.9. The van der Waals surface area contributed by atoms with Crippen molar-refractivity contribution in [1.29, 1.82) is 0 Å². The first-order valence-corrected chi connectivity index (χ1v) is 9.57. The van der Waals surface area contributed by atoms with E-state index in [4.69, 9.17) is 4.74 Å². The van der Waals surface area contributed by atoms with Crippen LogP contribution in [0.1, 0.15) is 27.2 Å². The minimum atomic E-state index is -0.302. The van der Waals surface area contributed by atoms with Crippen molar-refractivity contribution in [3.05, 3.63) is 93.7 Å². The molecular formula is C23H23N3O4. The maximum atomic E-state index is 12.4. The van der Waals surface area contributed by atoms with Crippen LogP contribution in [-0.2, 0) is 11.3 Å². The molecule has 0 bridgehead atoms. The van der Waals surface area contributed by atoms with E-state index in [1.165, 1.54) is 10.9 Å². The third-order valence-corrected chi connectivity index (χ3v) is 4.71. The molecule has 1 N–H and O–H groups in total. The van der Waals surface area contributed by atoms with Gasteiger partial charge in [-0.1, -0.05) is 30.3 Å². The molecule has 154 valence electrons. The number of hydrogen-bond donors (Lipinski definition) is 1. The lowest BCUT2D eigenvalue weighted by Gasteiger charge is -2.10. The molecule has 0 fully saturated rings. The third kappa shape index (κ3) is 5.20. The van der Waals surface area contributed by atoms with Gasteiger partial charge >= 0.3 is 0 Å². The minimum Gasteiger partial charge on any atom is -0.484 e. The van der Waals surface area contributed by atoms with Crippen LogP contribution in [0.3, 0.4) is 0 Å². The molecule has 0 saturated heterocycles. The molecule has 3 rings (SSSR count). The van der Waals surface area contributed by atoms with Crippen LogP contribution in [-0.4, -0.2) is 34.4 Å². The van der Waals surface area contributed by atoms with Crippen molar-refractivity contribution in [2.75, 3.05) is 13.2 Å². The van der Waals surface area contributed by atoms with Crippen molar-refractivity contribution in [1.82, 2.24) is 14.9 Å². The number of nitrogens with zero attached hydrogens (tertiary/aromatic N) is 2. The number of benzene rings is 2. The second-order valence-corrected chi connectivity index (χ2v) is 6.81. The molecule has 0 aliphatic rings. The predicted octanol–water partition coefficient (Wildman–Crippen LogP) is 2.29. The van der Waals surface area contributed by atoms with Crippen LogP contribution in [0.2, 0.25) is 0 Å². The highest BCUT2D eigenvalue weighted by molar-refractivity contribution is 6.08. The molecule has 30 heavy (non-hydrogen) atoms. The molecular weight excluding hydrogens is 382 g/mol. The molecule has 0 aliphatic carbocycles. The number of aromatic nitrogens is 2. The highest BCUT2D eigenvalue weighted by atomic mass is 16.5. The standard InChI is InChI=1S/C23H23N3O4/c1-16-17(2)25-15-26(23(16)29)13-12-24-21(27)14-30-20-10-8-19(9-11-20)22(28)18-6-4-3-5-7-18/h3-11,15H,12-14H2,1-2H3,(H,24,27). The Morgan fingerprint density at radius 2 is 1.67 bits per heavy atom. The van der Waals surface area contributed by atoms with Gasteiger partial charge in [0.05, 0.1) is 6.33 Å². The van der Waals surface area contributed by atoms with Crippen molar-refractivity contribution in [3.8, 4) is 5.75 Å². The fraction of sp³-hybridized carbons (Fsp3) is 0.217. The van der Waals surface area contributed by atoms with E-state index >= 15 is 0 Å². The molecule has 0 radical (unpaired) electrons. The van der Waals surface area contributed by atoms with Crippen LogP contribution in [0, 0.1) is 13.8 Å². The Bertz CT molecular complexity index is 1090. The van der Waals surface area contributed by atoms with Gasteiger partial charge in [-0.05, 0) is 38.1 Å². The SMILES string of the molecule is Cc1ncn(CCNC(=O)COc2ccc(C(=O)c3ccccc3)cc2)c(=O)c1C. The summed E-state index contributed by atoms with van der Waals surface area (Å²) < 4.78 is 6.93. The van der Waals surface area contributed by atoms with Gasteiger partial charge in [0.2, 0.25) is 0 Å². The zero-order chi connectivity index (χ0) is 21.5. The van der Waals surface area contributed by atoms with Gasteiger partial charge in [0.1, 0.15) is 5.75 Å². The zero-order valence-corrected chi connectivity index (χ0v) is 16.9. The number of rotatable bonds is 8. The molecule has 0 aliphatic heterocycles. The van der Waals surface area contributed by atoms with Gasteiger partial charge in [0.25, 0.3) is 11.5 Å².